The highest BCUT2D eigenvalue weighted by atomic mass is 16.5. The van der Waals surface area contributed by atoms with E-state index in [0.29, 0.717) is 11.3 Å². The summed E-state index contributed by atoms with van der Waals surface area (Å²) in [6, 6.07) is 22.2. The lowest BCUT2D eigenvalue weighted by Gasteiger charge is -2.31. The van der Waals surface area contributed by atoms with Gasteiger partial charge in [0.25, 0.3) is 0 Å². The number of hydrogen-bond donors (Lipinski definition) is 3. The van der Waals surface area contributed by atoms with Crippen molar-refractivity contribution in [2.45, 2.75) is 12.8 Å². The molecule has 0 aromatic heterocycles. The van der Waals surface area contributed by atoms with Crippen molar-refractivity contribution in [1.82, 2.24) is 0 Å². The Hall–Kier alpha value is -4.38. The second-order valence-electron chi connectivity index (χ2n) is 8.69. The number of ether oxygens (including phenoxy) is 2. The molecule has 5 nitrogen and oxygen atoms in total. The van der Waals surface area contributed by atoms with Gasteiger partial charge in [-0.1, -0.05) is 30.3 Å². The van der Waals surface area contributed by atoms with Gasteiger partial charge < -0.3 is 24.8 Å². The fourth-order valence-electron chi connectivity index (χ4n) is 5.11. The maximum Gasteiger partial charge on any atom is 0.161 e. The van der Waals surface area contributed by atoms with Crippen molar-refractivity contribution in [2.75, 3.05) is 7.11 Å². The number of aryl methyl sites for hydroxylation is 1. The van der Waals surface area contributed by atoms with Crippen LogP contribution in [0.1, 0.15) is 28.2 Å². The van der Waals surface area contributed by atoms with Crippen LogP contribution < -0.4 is 9.47 Å². The first-order valence-electron chi connectivity index (χ1n) is 11.0. The van der Waals surface area contributed by atoms with E-state index >= 15 is 0 Å². The number of benzene rings is 5. The Labute approximate surface area is 196 Å². The summed E-state index contributed by atoms with van der Waals surface area (Å²) < 4.78 is 11.9. The normalized spacial score (nSPS) is 12.9. The van der Waals surface area contributed by atoms with Gasteiger partial charge in [0.15, 0.2) is 11.5 Å². The molecule has 0 atom stereocenters. The third kappa shape index (κ3) is 2.94. The fraction of sp³-hybridized carbons (Fsp3) is 0.103. The van der Waals surface area contributed by atoms with Crippen molar-refractivity contribution >= 4 is 21.5 Å². The van der Waals surface area contributed by atoms with Gasteiger partial charge >= 0.3 is 0 Å². The summed E-state index contributed by atoms with van der Waals surface area (Å²) in [4.78, 5) is 0. The molecule has 0 unspecified atom stereocenters. The van der Waals surface area contributed by atoms with Gasteiger partial charge in [-0.3, -0.25) is 0 Å². The molecule has 0 saturated heterocycles. The van der Waals surface area contributed by atoms with Gasteiger partial charge in [0.2, 0.25) is 0 Å². The molecule has 34 heavy (non-hydrogen) atoms. The first-order chi connectivity index (χ1) is 16.4. The molecule has 5 aromatic carbocycles. The summed E-state index contributed by atoms with van der Waals surface area (Å²) in [6.45, 7) is 1.85. The highest BCUT2D eigenvalue weighted by molar-refractivity contribution is 5.96. The van der Waals surface area contributed by atoms with Crippen molar-refractivity contribution in [2.24, 2.45) is 0 Å². The molecule has 0 saturated carbocycles. The van der Waals surface area contributed by atoms with Gasteiger partial charge in [0, 0.05) is 17.0 Å². The zero-order chi connectivity index (χ0) is 23.6. The maximum atomic E-state index is 10.5. The molecule has 0 amide bonds. The van der Waals surface area contributed by atoms with Crippen LogP contribution in [-0.4, -0.2) is 22.4 Å². The smallest absolute Gasteiger partial charge is 0.161 e. The Bertz CT molecular complexity index is 1530. The Balaban J connectivity index is 1.75. The average Bonchev–Trinajstić information content (AvgIpc) is 2.83. The van der Waals surface area contributed by atoms with Crippen molar-refractivity contribution < 1.29 is 24.8 Å². The molecular weight excluding hydrogens is 428 g/mol. The van der Waals surface area contributed by atoms with Crippen molar-refractivity contribution in [3.8, 4) is 34.5 Å². The minimum atomic E-state index is -0.242. The minimum absolute atomic E-state index is 0.115. The number of phenolic OH excluding ortho intramolecular Hbond substituents is 3. The highest BCUT2D eigenvalue weighted by Gasteiger charge is 2.33. The molecule has 5 heteroatoms. The summed E-state index contributed by atoms with van der Waals surface area (Å²) in [5.41, 5.74) is 3.59. The van der Waals surface area contributed by atoms with Crippen LogP contribution in [0.2, 0.25) is 0 Å². The number of phenols is 3. The van der Waals surface area contributed by atoms with Crippen LogP contribution in [0.3, 0.4) is 0 Å². The van der Waals surface area contributed by atoms with Crippen LogP contribution in [0.25, 0.3) is 21.5 Å². The van der Waals surface area contributed by atoms with E-state index in [0.717, 1.165) is 49.7 Å². The SMILES string of the molecule is COc1cc(C2c3c(ccc4cc(O)ccc34)Oc3ccc4cc(O)ccc4c32)cc(C)c1O. The molecule has 0 spiro atoms. The molecule has 1 heterocycles. The van der Waals surface area contributed by atoms with Crippen molar-refractivity contribution in [3.05, 3.63) is 95.1 Å². The lowest BCUT2D eigenvalue weighted by atomic mass is 9.78. The van der Waals surface area contributed by atoms with Crippen LogP contribution in [0.5, 0.6) is 34.5 Å². The van der Waals surface area contributed by atoms with Gasteiger partial charge in [0.1, 0.15) is 23.0 Å². The molecule has 1 aliphatic heterocycles. The van der Waals surface area contributed by atoms with Crippen LogP contribution in [0.4, 0.5) is 0 Å². The number of hydrogen-bond acceptors (Lipinski definition) is 5. The maximum absolute atomic E-state index is 10.5. The standard InChI is InChI=1S/C29H22O5/c1-15-11-18(14-25(33-2)29(15)32)26-27-21-7-5-19(30)12-16(21)3-9-23(27)34-24-10-4-17-13-20(31)6-8-22(17)28(24)26/h3-14,26,30-32H,1-2H3. The van der Waals surface area contributed by atoms with E-state index in [1.54, 1.807) is 31.4 Å². The quantitative estimate of drug-likeness (QED) is 0.273. The van der Waals surface area contributed by atoms with E-state index in [9.17, 15) is 15.3 Å². The van der Waals surface area contributed by atoms with E-state index in [1.165, 1.54) is 0 Å². The number of methoxy groups -OCH3 is 1. The third-order valence-electron chi connectivity index (χ3n) is 6.65. The van der Waals surface area contributed by atoms with E-state index < -0.39 is 0 Å². The average molecular weight is 450 g/mol. The topological polar surface area (TPSA) is 79.2 Å². The lowest BCUT2D eigenvalue weighted by Crippen LogP contribution is -2.13. The van der Waals surface area contributed by atoms with Gasteiger partial charge in [-0.2, -0.15) is 0 Å². The zero-order valence-electron chi connectivity index (χ0n) is 18.7. The Kier molecular flexibility index (Phi) is 4.36. The Morgan fingerprint density at radius 2 is 1.26 bits per heavy atom. The van der Waals surface area contributed by atoms with Crippen molar-refractivity contribution in [1.29, 1.82) is 0 Å². The predicted octanol–water partition coefficient (Wildman–Crippen LogP) is 6.71. The summed E-state index contributed by atoms with van der Waals surface area (Å²) in [5.74, 6) is 2.14. The molecule has 6 rings (SSSR count). The largest absolute Gasteiger partial charge is 0.508 e. The summed E-state index contributed by atoms with van der Waals surface area (Å²) in [7, 11) is 1.54. The van der Waals surface area contributed by atoms with Crippen LogP contribution in [0.15, 0.2) is 72.8 Å². The predicted molar refractivity (Wildman–Crippen MR) is 132 cm³/mol. The third-order valence-corrected chi connectivity index (χ3v) is 6.65. The zero-order valence-corrected chi connectivity index (χ0v) is 18.7. The Morgan fingerprint density at radius 1 is 0.706 bits per heavy atom. The molecule has 0 fully saturated rings. The monoisotopic (exact) mass is 450 g/mol. The molecule has 0 bridgehead atoms. The number of rotatable bonds is 2. The van der Waals surface area contributed by atoms with E-state index in [4.69, 9.17) is 9.47 Å². The lowest BCUT2D eigenvalue weighted by molar-refractivity contribution is 0.371. The summed E-state index contributed by atoms with van der Waals surface area (Å²) in [5, 5.41) is 34.4. The molecule has 0 radical (unpaired) electrons. The van der Waals surface area contributed by atoms with Gasteiger partial charge in [-0.15, -0.1) is 0 Å². The number of aromatic hydroxyl groups is 3. The fourth-order valence-corrected chi connectivity index (χ4v) is 5.11. The molecule has 0 aliphatic carbocycles. The van der Waals surface area contributed by atoms with Gasteiger partial charge in [-0.25, -0.2) is 0 Å². The molecule has 168 valence electrons. The van der Waals surface area contributed by atoms with Crippen LogP contribution in [0, 0.1) is 6.92 Å². The van der Waals surface area contributed by atoms with E-state index in [-0.39, 0.29) is 23.2 Å². The highest BCUT2D eigenvalue weighted by Crippen LogP contribution is 2.53. The molecular formula is C29H22O5. The first kappa shape index (κ1) is 20.2. The Morgan fingerprint density at radius 3 is 1.79 bits per heavy atom. The van der Waals surface area contributed by atoms with Crippen molar-refractivity contribution in [3.63, 3.8) is 0 Å². The molecule has 1 aliphatic rings. The molecule has 3 N–H and O–H groups in total. The first-order valence-corrected chi connectivity index (χ1v) is 11.0. The second kappa shape index (κ2) is 7.32. The van der Waals surface area contributed by atoms with Crippen LogP contribution in [-0.2, 0) is 0 Å². The summed E-state index contributed by atoms with van der Waals surface area (Å²) >= 11 is 0. The minimum Gasteiger partial charge on any atom is -0.508 e. The second-order valence-corrected chi connectivity index (χ2v) is 8.69. The van der Waals surface area contributed by atoms with E-state index in [1.807, 2.05) is 55.5 Å². The summed E-state index contributed by atoms with van der Waals surface area (Å²) in [6.07, 6.45) is 0. The van der Waals surface area contributed by atoms with Crippen LogP contribution >= 0.6 is 0 Å². The number of fused-ring (bicyclic) bond motifs is 6. The van der Waals surface area contributed by atoms with E-state index in [2.05, 4.69) is 0 Å². The van der Waals surface area contributed by atoms with Gasteiger partial charge in [-0.05, 0) is 82.1 Å². The molecule has 5 aromatic rings. The van der Waals surface area contributed by atoms with Gasteiger partial charge in [0.05, 0.1) is 7.11 Å².